The number of aryl methyl sites for hydroxylation is 1. The van der Waals surface area contributed by atoms with Crippen LogP contribution in [0.25, 0.3) is 16.9 Å². The minimum Gasteiger partial charge on any atom is -0.507 e. The molecule has 8 heteroatoms. The summed E-state index contributed by atoms with van der Waals surface area (Å²) in [4.78, 5) is 2.28. The van der Waals surface area contributed by atoms with Crippen LogP contribution < -0.4 is 4.90 Å². The summed E-state index contributed by atoms with van der Waals surface area (Å²) in [5.74, 6) is 3.43. The highest BCUT2D eigenvalue weighted by atomic mass is 16.3. The van der Waals surface area contributed by atoms with E-state index in [9.17, 15) is 5.11 Å². The highest BCUT2D eigenvalue weighted by Gasteiger charge is 2.36. The summed E-state index contributed by atoms with van der Waals surface area (Å²) in [6.07, 6.45) is 6.71. The van der Waals surface area contributed by atoms with Crippen molar-refractivity contribution in [3.8, 4) is 22.7 Å². The highest BCUT2D eigenvalue weighted by Crippen LogP contribution is 2.43. The van der Waals surface area contributed by atoms with Crippen molar-refractivity contribution in [3.63, 3.8) is 0 Å². The van der Waals surface area contributed by atoms with Crippen LogP contribution in [0.3, 0.4) is 0 Å². The van der Waals surface area contributed by atoms with Crippen LogP contribution in [0, 0.1) is 18.8 Å². The Morgan fingerprint density at radius 1 is 1.00 bits per heavy atom. The number of phenolic OH excluding ortho intramolecular Hbond substituents is 1. The average molecular weight is 391 g/mol. The van der Waals surface area contributed by atoms with Gasteiger partial charge in [0.25, 0.3) is 0 Å². The second-order valence-electron chi connectivity index (χ2n) is 8.40. The fourth-order valence-corrected chi connectivity index (χ4v) is 4.97. The zero-order valence-corrected chi connectivity index (χ0v) is 16.7. The fourth-order valence-electron chi connectivity index (χ4n) is 4.97. The lowest BCUT2D eigenvalue weighted by Crippen LogP contribution is -2.37. The Hall–Kier alpha value is -3.03. The number of aromatic hydroxyl groups is 1. The molecule has 2 heterocycles. The molecule has 29 heavy (non-hydrogen) atoms. The number of fused-ring (bicyclic) bond motifs is 2. The van der Waals surface area contributed by atoms with Gasteiger partial charge in [-0.1, -0.05) is 12.8 Å². The first-order chi connectivity index (χ1) is 14.1. The number of rotatable bonds is 4. The maximum Gasteiger partial charge on any atom is 0.153 e. The van der Waals surface area contributed by atoms with Crippen molar-refractivity contribution in [1.29, 1.82) is 0 Å². The van der Waals surface area contributed by atoms with Gasteiger partial charge in [-0.25, -0.2) is 0 Å². The largest absolute Gasteiger partial charge is 0.507 e. The molecule has 3 aromatic rings. The Labute approximate surface area is 169 Å². The van der Waals surface area contributed by atoms with E-state index in [-0.39, 0.29) is 5.75 Å². The molecule has 3 atom stereocenters. The lowest BCUT2D eigenvalue weighted by molar-refractivity contribution is 0.312. The lowest BCUT2D eigenvalue weighted by atomic mass is 9.85. The molecule has 5 rings (SSSR count). The predicted molar refractivity (Wildman–Crippen MR) is 109 cm³/mol. The molecule has 2 aliphatic carbocycles. The van der Waals surface area contributed by atoms with Crippen LogP contribution in [-0.4, -0.2) is 48.6 Å². The van der Waals surface area contributed by atoms with Crippen LogP contribution in [0.1, 0.15) is 37.9 Å². The minimum atomic E-state index is 0.122. The Balaban J connectivity index is 1.35. The summed E-state index contributed by atoms with van der Waals surface area (Å²) in [6, 6.07) is 9.78. The lowest BCUT2D eigenvalue weighted by Gasteiger charge is -2.35. The van der Waals surface area contributed by atoms with Crippen LogP contribution >= 0.6 is 0 Å². The van der Waals surface area contributed by atoms with E-state index in [1.165, 1.54) is 32.1 Å². The molecule has 2 aromatic heterocycles. The van der Waals surface area contributed by atoms with E-state index in [2.05, 4.69) is 37.7 Å². The van der Waals surface area contributed by atoms with Gasteiger partial charge in [-0.3, -0.25) is 0 Å². The molecule has 2 bridgehead atoms. The first kappa shape index (κ1) is 18.0. The van der Waals surface area contributed by atoms with Crippen molar-refractivity contribution in [2.24, 2.45) is 11.8 Å². The first-order valence-electron chi connectivity index (χ1n) is 10.2. The SMILES string of the molecule is Cc1nnnn1-c1ccc(-c2ccc(N(C)C3C[C@H]4CC[C@@H](C3)C4)nn2)c(O)c1. The minimum absolute atomic E-state index is 0.122. The highest BCUT2D eigenvalue weighted by molar-refractivity contribution is 5.69. The van der Waals surface area contributed by atoms with Gasteiger partial charge >= 0.3 is 0 Å². The monoisotopic (exact) mass is 391 g/mol. The van der Waals surface area contributed by atoms with Gasteiger partial charge in [-0.05, 0) is 72.7 Å². The van der Waals surface area contributed by atoms with E-state index in [0.29, 0.717) is 28.8 Å². The van der Waals surface area contributed by atoms with Crippen molar-refractivity contribution >= 4 is 5.82 Å². The zero-order valence-electron chi connectivity index (χ0n) is 16.7. The van der Waals surface area contributed by atoms with Gasteiger partial charge in [0.2, 0.25) is 0 Å². The number of aromatic nitrogens is 6. The van der Waals surface area contributed by atoms with Gasteiger partial charge in [-0.2, -0.15) is 4.68 Å². The molecule has 0 radical (unpaired) electrons. The number of hydrogen-bond acceptors (Lipinski definition) is 7. The van der Waals surface area contributed by atoms with Crippen molar-refractivity contribution in [2.75, 3.05) is 11.9 Å². The molecule has 1 aromatic carbocycles. The maximum absolute atomic E-state index is 10.5. The number of anilines is 1. The Morgan fingerprint density at radius 3 is 2.41 bits per heavy atom. The second kappa shape index (κ2) is 7.09. The third-order valence-electron chi connectivity index (χ3n) is 6.55. The molecule has 1 unspecified atom stereocenters. The summed E-state index contributed by atoms with van der Waals surface area (Å²) >= 11 is 0. The normalized spacial score (nSPS) is 23.3. The molecular weight excluding hydrogens is 366 g/mol. The number of hydrogen-bond donors (Lipinski definition) is 1. The molecule has 2 fully saturated rings. The summed E-state index contributed by atoms with van der Waals surface area (Å²) in [6.45, 7) is 1.81. The molecule has 0 spiro atoms. The van der Waals surface area contributed by atoms with E-state index >= 15 is 0 Å². The molecule has 150 valence electrons. The molecule has 2 aliphatic rings. The van der Waals surface area contributed by atoms with Crippen molar-refractivity contribution in [1.82, 2.24) is 30.4 Å². The van der Waals surface area contributed by atoms with E-state index in [0.717, 1.165) is 17.7 Å². The molecule has 8 nitrogen and oxygen atoms in total. The van der Waals surface area contributed by atoms with Gasteiger partial charge in [0.15, 0.2) is 11.6 Å². The molecule has 0 aliphatic heterocycles. The third kappa shape index (κ3) is 3.32. The predicted octanol–water partition coefficient (Wildman–Crippen LogP) is 3.15. The van der Waals surface area contributed by atoms with Crippen molar-refractivity contribution in [3.05, 3.63) is 36.2 Å². The Kier molecular flexibility index (Phi) is 4.41. The van der Waals surface area contributed by atoms with E-state index in [4.69, 9.17) is 0 Å². The van der Waals surface area contributed by atoms with Crippen LogP contribution in [-0.2, 0) is 0 Å². The number of benzene rings is 1. The molecule has 2 saturated carbocycles. The number of nitrogens with zero attached hydrogens (tertiary/aromatic N) is 7. The first-order valence-corrected chi connectivity index (χ1v) is 10.2. The van der Waals surface area contributed by atoms with Crippen LogP contribution in [0.15, 0.2) is 30.3 Å². The van der Waals surface area contributed by atoms with Crippen LogP contribution in [0.5, 0.6) is 5.75 Å². The second-order valence-corrected chi connectivity index (χ2v) is 8.40. The van der Waals surface area contributed by atoms with Gasteiger partial charge in [0.1, 0.15) is 5.75 Å². The summed E-state index contributed by atoms with van der Waals surface area (Å²) < 4.78 is 1.57. The van der Waals surface area contributed by atoms with E-state index in [1.54, 1.807) is 10.7 Å². The summed E-state index contributed by atoms with van der Waals surface area (Å²) in [7, 11) is 2.12. The molecule has 1 N–H and O–H groups in total. The smallest absolute Gasteiger partial charge is 0.153 e. The average Bonchev–Trinajstić information content (AvgIpc) is 3.32. The topological polar surface area (TPSA) is 92.9 Å². The fraction of sp³-hybridized carbons (Fsp3) is 0.476. The quantitative estimate of drug-likeness (QED) is 0.730. The van der Waals surface area contributed by atoms with Gasteiger partial charge < -0.3 is 10.0 Å². The van der Waals surface area contributed by atoms with Crippen LogP contribution in [0.2, 0.25) is 0 Å². The molecule has 0 saturated heterocycles. The van der Waals surface area contributed by atoms with Crippen molar-refractivity contribution in [2.45, 2.75) is 45.1 Å². The van der Waals surface area contributed by atoms with E-state index in [1.807, 2.05) is 31.2 Å². The maximum atomic E-state index is 10.5. The van der Waals surface area contributed by atoms with Crippen molar-refractivity contribution < 1.29 is 5.11 Å². The summed E-state index contributed by atoms with van der Waals surface area (Å²) in [5, 5.41) is 30.8. The Morgan fingerprint density at radius 2 is 1.79 bits per heavy atom. The van der Waals surface area contributed by atoms with Gasteiger partial charge in [0, 0.05) is 24.7 Å². The van der Waals surface area contributed by atoms with E-state index < -0.39 is 0 Å². The zero-order chi connectivity index (χ0) is 20.0. The van der Waals surface area contributed by atoms with Gasteiger partial charge in [0.05, 0.1) is 11.4 Å². The Bertz CT molecular complexity index is 1000. The third-order valence-corrected chi connectivity index (χ3v) is 6.55. The van der Waals surface area contributed by atoms with Gasteiger partial charge in [-0.15, -0.1) is 15.3 Å². The number of tetrazole rings is 1. The summed E-state index contributed by atoms with van der Waals surface area (Å²) in [5.41, 5.74) is 1.98. The molecule has 0 amide bonds. The van der Waals surface area contributed by atoms with Crippen LogP contribution in [0.4, 0.5) is 5.82 Å². The molecular formula is C21H25N7O. The number of phenols is 1. The standard InChI is InChI=1S/C21H25N7O/c1-13-22-25-26-28(13)16-5-6-18(20(29)12-16)19-7-8-21(24-23-19)27(2)17-10-14-3-4-15(9-14)11-17/h5-8,12,14-15,17,29H,3-4,9-11H2,1-2H3/t14-,15+,17?.